The monoisotopic (exact) mass is 231 g/mol. The van der Waals surface area contributed by atoms with Gasteiger partial charge in [-0.1, -0.05) is 13.8 Å². The molecule has 0 amide bonds. The van der Waals surface area contributed by atoms with E-state index in [0.29, 0.717) is 18.1 Å². The normalized spacial score (nSPS) is 17.1. The number of nitrogens with one attached hydrogen (secondary N) is 1. The molecule has 0 aliphatic carbocycles. The lowest BCUT2D eigenvalue weighted by molar-refractivity contribution is 0.101. The summed E-state index contributed by atoms with van der Waals surface area (Å²) in [6.45, 7) is 8.47. The largest absolute Gasteiger partial charge is 0.385 e. The summed E-state index contributed by atoms with van der Waals surface area (Å²) in [5.41, 5.74) is 0. The minimum Gasteiger partial charge on any atom is -0.385 e. The number of rotatable bonds is 10. The fourth-order valence-corrected chi connectivity index (χ4v) is 1.89. The summed E-state index contributed by atoms with van der Waals surface area (Å²) < 4.78 is 10.4. The Bertz CT molecular complexity index is 153. The number of hydrogen-bond donors (Lipinski definition) is 1. The van der Waals surface area contributed by atoms with Gasteiger partial charge in [0.2, 0.25) is 0 Å². The quantitative estimate of drug-likeness (QED) is 0.626. The van der Waals surface area contributed by atoms with Gasteiger partial charge in [-0.25, -0.2) is 0 Å². The minimum atomic E-state index is 0.357. The Morgan fingerprint density at radius 1 is 1.06 bits per heavy atom. The van der Waals surface area contributed by atoms with Gasteiger partial charge in [-0.15, -0.1) is 0 Å². The number of methoxy groups -OCH3 is 2. The van der Waals surface area contributed by atoms with Crippen molar-refractivity contribution in [1.82, 2.24) is 5.32 Å². The van der Waals surface area contributed by atoms with Gasteiger partial charge in [0.25, 0.3) is 0 Å². The molecule has 16 heavy (non-hydrogen) atoms. The van der Waals surface area contributed by atoms with E-state index in [1.807, 2.05) is 0 Å². The predicted molar refractivity (Wildman–Crippen MR) is 68.8 cm³/mol. The molecule has 0 bridgehead atoms. The average Bonchev–Trinajstić information content (AvgIpc) is 2.30. The Hall–Kier alpha value is -0.120. The summed E-state index contributed by atoms with van der Waals surface area (Å²) in [5, 5.41) is 3.56. The van der Waals surface area contributed by atoms with E-state index >= 15 is 0 Å². The van der Waals surface area contributed by atoms with Crippen LogP contribution in [-0.4, -0.2) is 39.5 Å². The molecule has 0 fully saturated rings. The fraction of sp³-hybridized carbons (Fsp3) is 1.00. The van der Waals surface area contributed by atoms with E-state index in [1.165, 1.54) is 6.42 Å². The van der Waals surface area contributed by atoms with Crippen molar-refractivity contribution in [2.24, 2.45) is 5.92 Å². The molecule has 0 radical (unpaired) electrons. The van der Waals surface area contributed by atoms with Crippen LogP contribution >= 0.6 is 0 Å². The molecule has 0 saturated carbocycles. The van der Waals surface area contributed by atoms with Crippen molar-refractivity contribution in [3.05, 3.63) is 0 Å². The summed E-state index contributed by atoms with van der Waals surface area (Å²) >= 11 is 0. The first-order valence-corrected chi connectivity index (χ1v) is 6.40. The fourth-order valence-electron chi connectivity index (χ4n) is 1.89. The first-order chi connectivity index (χ1) is 7.65. The molecule has 3 atom stereocenters. The molecule has 0 spiro atoms. The molecule has 0 aromatic carbocycles. The van der Waals surface area contributed by atoms with E-state index in [-0.39, 0.29) is 0 Å². The molecule has 98 valence electrons. The van der Waals surface area contributed by atoms with Crippen LogP contribution in [0.4, 0.5) is 0 Å². The van der Waals surface area contributed by atoms with E-state index in [1.54, 1.807) is 14.2 Å². The van der Waals surface area contributed by atoms with Crippen molar-refractivity contribution in [3.63, 3.8) is 0 Å². The standard InChI is InChI=1S/C13H29NO2/c1-6-14-13(8-7-12(3)16-5)11(2)9-10-15-4/h11-14H,6-10H2,1-5H3. The van der Waals surface area contributed by atoms with E-state index in [9.17, 15) is 0 Å². The zero-order chi connectivity index (χ0) is 12.4. The van der Waals surface area contributed by atoms with Crippen LogP contribution in [0.1, 0.15) is 40.0 Å². The Morgan fingerprint density at radius 2 is 1.75 bits per heavy atom. The van der Waals surface area contributed by atoms with Gasteiger partial charge < -0.3 is 14.8 Å². The third-order valence-electron chi connectivity index (χ3n) is 3.22. The molecule has 3 heteroatoms. The zero-order valence-electron chi connectivity index (χ0n) is 11.6. The highest BCUT2D eigenvalue weighted by atomic mass is 16.5. The maximum absolute atomic E-state index is 5.29. The van der Waals surface area contributed by atoms with Gasteiger partial charge in [0.1, 0.15) is 0 Å². The first kappa shape index (κ1) is 15.9. The highest BCUT2D eigenvalue weighted by Crippen LogP contribution is 2.15. The SMILES string of the molecule is CCNC(CCC(C)OC)C(C)CCOC. The molecule has 0 aliphatic rings. The maximum Gasteiger partial charge on any atom is 0.0543 e. The van der Waals surface area contributed by atoms with Crippen LogP contribution in [0, 0.1) is 5.92 Å². The molecule has 0 heterocycles. The molecule has 0 rings (SSSR count). The molecular formula is C13H29NO2. The van der Waals surface area contributed by atoms with E-state index in [4.69, 9.17) is 9.47 Å². The highest BCUT2D eigenvalue weighted by molar-refractivity contribution is 4.74. The van der Waals surface area contributed by atoms with Crippen molar-refractivity contribution in [1.29, 1.82) is 0 Å². The molecule has 1 N–H and O–H groups in total. The minimum absolute atomic E-state index is 0.357. The first-order valence-electron chi connectivity index (χ1n) is 6.40. The van der Waals surface area contributed by atoms with E-state index in [2.05, 4.69) is 26.1 Å². The topological polar surface area (TPSA) is 30.5 Å². The second-order valence-corrected chi connectivity index (χ2v) is 4.55. The smallest absolute Gasteiger partial charge is 0.0543 e. The van der Waals surface area contributed by atoms with Gasteiger partial charge in [-0.3, -0.25) is 0 Å². The van der Waals surface area contributed by atoms with Crippen molar-refractivity contribution in [3.8, 4) is 0 Å². The second-order valence-electron chi connectivity index (χ2n) is 4.55. The van der Waals surface area contributed by atoms with Crippen molar-refractivity contribution < 1.29 is 9.47 Å². The molecular weight excluding hydrogens is 202 g/mol. The summed E-state index contributed by atoms with van der Waals surface area (Å²) in [5.74, 6) is 0.656. The summed E-state index contributed by atoms with van der Waals surface area (Å²) in [4.78, 5) is 0. The van der Waals surface area contributed by atoms with Gasteiger partial charge in [-0.2, -0.15) is 0 Å². The molecule has 3 unspecified atom stereocenters. The third-order valence-corrected chi connectivity index (χ3v) is 3.22. The van der Waals surface area contributed by atoms with Crippen LogP contribution < -0.4 is 5.32 Å². The second kappa shape index (κ2) is 10.1. The van der Waals surface area contributed by atoms with Crippen molar-refractivity contribution in [2.45, 2.75) is 52.2 Å². The van der Waals surface area contributed by atoms with Gasteiger partial charge in [0, 0.05) is 26.9 Å². The Morgan fingerprint density at radius 3 is 2.25 bits per heavy atom. The lowest BCUT2D eigenvalue weighted by atomic mass is 9.93. The third kappa shape index (κ3) is 7.20. The lowest BCUT2D eigenvalue weighted by Gasteiger charge is -2.25. The van der Waals surface area contributed by atoms with Crippen LogP contribution in [0.3, 0.4) is 0 Å². The van der Waals surface area contributed by atoms with Gasteiger partial charge in [0.05, 0.1) is 6.10 Å². The average molecular weight is 231 g/mol. The summed E-state index contributed by atoms with van der Waals surface area (Å²) in [6.07, 6.45) is 3.77. The van der Waals surface area contributed by atoms with Crippen LogP contribution in [0.15, 0.2) is 0 Å². The number of ether oxygens (including phenoxy) is 2. The lowest BCUT2D eigenvalue weighted by Crippen LogP contribution is -2.36. The van der Waals surface area contributed by atoms with Crippen LogP contribution in [0.5, 0.6) is 0 Å². The van der Waals surface area contributed by atoms with Crippen LogP contribution in [0.2, 0.25) is 0 Å². The van der Waals surface area contributed by atoms with Crippen LogP contribution in [-0.2, 0) is 9.47 Å². The molecule has 0 aromatic rings. The van der Waals surface area contributed by atoms with Gasteiger partial charge in [-0.05, 0) is 38.6 Å². The zero-order valence-corrected chi connectivity index (χ0v) is 11.6. The van der Waals surface area contributed by atoms with Crippen LogP contribution in [0.25, 0.3) is 0 Å². The number of hydrogen-bond acceptors (Lipinski definition) is 3. The predicted octanol–water partition coefficient (Wildman–Crippen LogP) is 2.45. The van der Waals surface area contributed by atoms with Gasteiger partial charge >= 0.3 is 0 Å². The van der Waals surface area contributed by atoms with Gasteiger partial charge in [0.15, 0.2) is 0 Å². The molecule has 0 saturated heterocycles. The summed E-state index contributed by atoms with van der Waals surface area (Å²) in [6, 6.07) is 0.581. The van der Waals surface area contributed by atoms with E-state index < -0.39 is 0 Å². The Kier molecular flexibility index (Phi) is 9.99. The maximum atomic E-state index is 5.29. The highest BCUT2D eigenvalue weighted by Gasteiger charge is 2.16. The molecule has 0 aromatic heterocycles. The molecule has 3 nitrogen and oxygen atoms in total. The van der Waals surface area contributed by atoms with Crippen molar-refractivity contribution in [2.75, 3.05) is 27.4 Å². The Labute approximate surface area is 101 Å². The van der Waals surface area contributed by atoms with E-state index in [0.717, 1.165) is 26.0 Å². The summed E-state index contributed by atoms with van der Waals surface area (Å²) in [7, 11) is 3.54. The molecule has 0 aliphatic heterocycles. The van der Waals surface area contributed by atoms with Crippen molar-refractivity contribution >= 4 is 0 Å². The Balaban J connectivity index is 3.93.